The summed E-state index contributed by atoms with van der Waals surface area (Å²) in [4.78, 5) is 20.7. The average Bonchev–Trinajstić information content (AvgIpc) is 2.56. The Balaban J connectivity index is 2.07. The normalized spacial score (nSPS) is 11.9. The summed E-state index contributed by atoms with van der Waals surface area (Å²) in [5, 5.41) is 6.00. The highest BCUT2D eigenvalue weighted by molar-refractivity contribution is 6.04. The van der Waals surface area contributed by atoms with Gasteiger partial charge in [0.15, 0.2) is 0 Å². The third kappa shape index (κ3) is 4.94. The monoisotopic (exact) mass is 328 g/mol. The molecule has 0 fully saturated rings. The number of anilines is 2. The summed E-state index contributed by atoms with van der Waals surface area (Å²) in [5.41, 5.74) is 1.02. The molecule has 1 aromatic carbocycles. The molecule has 6 heteroatoms. The van der Waals surface area contributed by atoms with E-state index < -0.39 is 0 Å². The molecule has 0 spiro atoms. The number of hydrogen-bond acceptors (Lipinski definition) is 5. The van der Waals surface area contributed by atoms with E-state index in [0.717, 1.165) is 6.42 Å². The van der Waals surface area contributed by atoms with E-state index in [1.165, 1.54) is 12.4 Å². The summed E-state index contributed by atoms with van der Waals surface area (Å²) in [6.45, 7) is 8.01. The zero-order valence-electron chi connectivity index (χ0n) is 14.5. The van der Waals surface area contributed by atoms with E-state index in [4.69, 9.17) is 4.74 Å². The molecule has 2 N–H and O–H groups in total. The van der Waals surface area contributed by atoms with Crippen LogP contribution in [0.1, 0.15) is 44.5 Å². The van der Waals surface area contributed by atoms with E-state index in [1.807, 2.05) is 32.0 Å². The number of amides is 1. The van der Waals surface area contributed by atoms with Gasteiger partial charge in [0.25, 0.3) is 5.91 Å². The fourth-order valence-electron chi connectivity index (χ4n) is 1.96. The molecule has 1 heterocycles. The second-order valence-electron chi connectivity index (χ2n) is 5.87. The van der Waals surface area contributed by atoms with Gasteiger partial charge in [-0.15, -0.1) is 0 Å². The van der Waals surface area contributed by atoms with Crippen molar-refractivity contribution in [1.29, 1.82) is 0 Å². The first-order valence-corrected chi connectivity index (χ1v) is 8.15. The molecular weight excluding hydrogens is 304 g/mol. The van der Waals surface area contributed by atoms with Gasteiger partial charge >= 0.3 is 0 Å². The van der Waals surface area contributed by atoms with Crippen LogP contribution in [0, 0.1) is 0 Å². The van der Waals surface area contributed by atoms with Crippen molar-refractivity contribution >= 4 is 17.5 Å². The van der Waals surface area contributed by atoms with Crippen LogP contribution >= 0.6 is 0 Å². The average molecular weight is 328 g/mol. The maximum absolute atomic E-state index is 12.4. The summed E-state index contributed by atoms with van der Waals surface area (Å²) >= 11 is 0. The van der Waals surface area contributed by atoms with Gasteiger partial charge in [0.1, 0.15) is 5.75 Å². The first-order chi connectivity index (χ1) is 11.5. The zero-order valence-corrected chi connectivity index (χ0v) is 14.5. The van der Waals surface area contributed by atoms with Crippen LogP contribution in [0.2, 0.25) is 0 Å². The third-order valence-corrected chi connectivity index (χ3v) is 3.40. The Bertz CT molecular complexity index is 671. The summed E-state index contributed by atoms with van der Waals surface area (Å²) in [7, 11) is 0. The second kappa shape index (κ2) is 8.29. The van der Waals surface area contributed by atoms with E-state index in [1.54, 1.807) is 6.07 Å². The number of hydrogen-bond donors (Lipinski definition) is 2. The Kier molecular flexibility index (Phi) is 6.12. The van der Waals surface area contributed by atoms with Crippen molar-refractivity contribution in [2.45, 2.75) is 46.3 Å². The molecule has 2 aromatic rings. The molecule has 1 atom stereocenters. The van der Waals surface area contributed by atoms with Gasteiger partial charge in [0, 0.05) is 18.4 Å². The van der Waals surface area contributed by atoms with Gasteiger partial charge in [-0.05, 0) is 39.3 Å². The van der Waals surface area contributed by atoms with Crippen molar-refractivity contribution in [3.63, 3.8) is 0 Å². The molecule has 0 aliphatic carbocycles. The van der Waals surface area contributed by atoms with Crippen LogP contribution in [0.25, 0.3) is 0 Å². The number of benzene rings is 1. The van der Waals surface area contributed by atoms with E-state index in [-0.39, 0.29) is 18.1 Å². The number of carbonyl (C=O) groups is 1. The van der Waals surface area contributed by atoms with Gasteiger partial charge in [-0.3, -0.25) is 4.79 Å². The minimum atomic E-state index is -0.273. The molecule has 128 valence electrons. The molecule has 0 aliphatic rings. The van der Waals surface area contributed by atoms with Crippen LogP contribution in [-0.4, -0.2) is 28.0 Å². The first kappa shape index (κ1) is 17.7. The summed E-state index contributed by atoms with van der Waals surface area (Å²) in [5.74, 6) is 0.881. The molecule has 0 saturated heterocycles. The Morgan fingerprint density at radius 3 is 2.46 bits per heavy atom. The molecular formula is C18H24N4O2. The van der Waals surface area contributed by atoms with Gasteiger partial charge in [0.05, 0.1) is 17.4 Å². The molecule has 0 aliphatic heterocycles. The van der Waals surface area contributed by atoms with Crippen LogP contribution < -0.4 is 15.4 Å². The fraction of sp³-hybridized carbons (Fsp3) is 0.389. The first-order valence-electron chi connectivity index (χ1n) is 8.15. The summed E-state index contributed by atoms with van der Waals surface area (Å²) in [6, 6.07) is 7.62. The van der Waals surface area contributed by atoms with Gasteiger partial charge < -0.3 is 15.4 Å². The molecule has 0 radical (unpaired) electrons. The molecule has 1 unspecified atom stereocenters. The topological polar surface area (TPSA) is 76.1 Å². The van der Waals surface area contributed by atoms with Crippen LogP contribution in [0.15, 0.2) is 36.7 Å². The van der Waals surface area contributed by atoms with E-state index in [2.05, 4.69) is 34.4 Å². The van der Waals surface area contributed by atoms with Gasteiger partial charge in [-0.2, -0.15) is 0 Å². The van der Waals surface area contributed by atoms with Gasteiger partial charge in [-0.25, -0.2) is 9.97 Å². The third-order valence-electron chi connectivity index (χ3n) is 3.40. The van der Waals surface area contributed by atoms with Crippen molar-refractivity contribution in [2.24, 2.45) is 0 Å². The smallest absolute Gasteiger partial charge is 0.258 e. The van der Waals surface area contributed by atoms with Gasteiger partial charge in [-0.1, -0.05) is 19.1 Å². The number of aromatic nitrogens is 2. The van der Waals surface area contributed by atoms with Crippen molar-refractivity contribution in [1.82, 2.24) is 9.97 Å². The number of ether oxygens (including phenoxy) is 1. The lowest BCUT2D eigenvalue weighted by atomic mass is 10.2. The summed E-state index contributed by atoms with van der Waals surface area (Å²) in [6.07, 6.45) is 4.02. The quantitative estimate of drug-likeness (QED) is 0.810. The maximum atomic E-state index is 12.4. The molecule has 1 amide bonds. The Morgan fingerprint density at radius 2 is 1.83 bits per heavy atom. The number of para-hydroxylation sites is 2. The maximum Gasteiger partial charge on any atom is 0.258 e. The number of carbonyl (C=O) groups excluding carboxylic acids is 1. The lowest BCUT2D eigenvalue weighted by Gasteiger charge is -2.15. The van der Waals surface area contributed by atoms with Crippen LogP contribution in [0.5, 0.6) is 5.75 Å². The molecule has 2 rings (SSSR count). The predicted molar refractivity (Wildman–Crippen MR) is 95.6 cm³/mol. The SMILES string of the molecule is CCC(C)Nc1ncc(C(=O)Nc2ccccc2OC(C)C)cn1. The van der Waals surface area contributed by atoms with Crippen molar-refractivity contribution in [2.75, 3.05) is 10.6 Å². The Labute approximate surface area is 142 Å². The summed E-state index contributed by atoms with van der Waals surface area (Å²) < 4.78 is 5.70. The fourth-order valence-corrected chi connectivity index (χ4v) is 1.96. The second-order valence-corrected chi connectivity index (χ2v) is 5.87. The van der Waals surface area contributed by atoms with Gasteiger partial charge in [0.2, 0.25) is 5.95 Å². The largest absolute Gasteiger partial charge is 0.489 e. The highest BCUT2D eigenvalue weighted by atomic mass is 16.5. The van der Waals surface area contributed by atoms with Crippen LogP contribution in [-0.2, 0) is 0 Å². The Hall–Kier alpha value is -2.63. The van der Waals surface area contributed by atoms with Crippen molar-refractivity contribution < 1.29 is 9.53 Å². The van der Waals surface area contributed by atoms with Crippen molar-refractivity contribution in [3.8, 4) is 5.75 Å². The lowest BCUT2D eigenvalue weighted by Crippen LogP contribution is -2.17. The standard InChI is InChI=1S/C18H24N4O2/c1-5-13(4)21-18-19-10-14(11-20-18)17(23)22-15-8-6-7-9-16(15)24-12(2)3/h6-13H,5H2,1-4H3,(H,22,23)(H,19,20,21). The molecule has 0 saturated carbocycles. The Morgan fingerprint density at radius 1 is 1.17 bits per heavy atom. The van der Waals surface area contributed by atoms with E-state index in [9.17, 15) is 4.79 Å². The van der Waals surface area contributed by atoms with E-state index >= 15 is 0 Å². The number of nitrogens with zero attached hydrogens (tertiary/aromatic N) is 2. The zero-order chi connectivity index (χ0) is 17.5. The highest BCUT2D eigenvalue weighted by Gasteiger charge is 2.12. The van der Waals surface area contributed by atoms with E-state index in [0.29, 0.717) is 22.9 Å². The minimum absolute atomic E-state index is 0.0253. The predicted octanol–water partition coefficient (Wildman–Crippen LogP) is 3.73. The minimum Gasteiger partial charge on any atom is -0.489 e. The number of nitrogens with one attached hydrogen (secondary N) is 2. The molecule has 1 aromatic heterocycles. The van der Waals surface area contributed by atoms with Crippen LogP contribution in [0.3, 0.4) is 0 Å². The number of rotatable bonds is 7. The molecule has 0 bridgehead atoms. The lowest BCUT2D eigenvalue weighted by molar-refractivity contribution is 0.102. The molecule has 24 heavy (non-hydrogen) atoms. The molecule has 6 nitrogen and oxygen atoms in total. The van der Waals surface area contributed by atoms with Crippen LogP contribution in [0.4, 0.5) is 11.6 Å². The highest BCUT2D eigenvalue weighted by Crippen LogP contribution is 2.25. The van der Waals surface area contributed by atoms with Crippen molar-refractivity contribution in [3.05, 3.63) is 42.2 Å².